The summed E-state index contributed by atoms with van der Waals surface area (Å²) in [7, 11) is -0.302. The van der Waals surface area contributed by atoms with E-state index in [0.717, 1.165) is 0 Å². The minimum atomic E-state index is -3.95. The van der Waals surface area contributed by atoms with Crippen LogP contribution in [0.15, 0.2) is 0 Å². The molecule has 0 bridgehead atoms. The third-order valence-electron chi connectivity index (χ3n) is 3.32. The SMILES string of the molecule is CCC(C)(C)C(=O)OCC[N+](C)(C)CCS(=O)(=O)O. The number of nitrogens with zero attached hydrogens (tertiary/aromatic N) is 1. The van der Waals surface area contributed by atoms with Gasteiger partial charge in [0, 0.05) is 0 Å². The molecule has 0 aliphatic heterocycles. The van der Waals surface area contributed by atoms with Crippen LogP contribution in [0.5, 0.6) is 0 Å². The Balaban J connectivity index is 4.16. The highest BCUT2D eigenvalue weighted by atomic mass is 32.2. The van der Waals surface area contributed by atoms with E-state index in [0.29, 0.717) is 17.4 Å². The number of hydrogen-bond donors (Lipinski definition) is 1. The van der Waals surface area contributed by atoms with E-state index < -0.39 is 15.5 Å². The van der Waals surface area contributed by atoms with E-state index in [4.69, 9.17) is 9.29 Å². The largest absolute Gasteiger partial charge is 0.459 e. The Morgan fingerprint density at radius 1 is 1.26 bits per heavy atom. The molecule has 0 aliphatic rings. The molecular weight excluding hydrogens is 270 g/mol. The van der Waals surface area contributed by atoms with E-state index in [1.54, 1.807) is 0 Å². The molecule has 0 aromatic rings. The molecule has 0 rings (SSSR count). The molecule has 0 atom stereocenters. The molecule has 6 nitrogen and oxygen atoms in total. The van der Waals surface area contributed by atoms with Crippen molar-refractivity contribution >= 4 is 16.1 Å². The molecule has 0 saturated heterocycles. The van der Waals surface area contributed by atoms with Crippen LogP contribution in [0.3, 0.4) is 0 Å². The van der Waals surface area contributed by atoms with E-state index in [9.17, 15) is 13.2 Å². The minimum absolute atomic E-state index is 0.237. The van der Waals surface area contributed by atoms with Gasteiger partial charge in [-0.25, -0.2) is 0 Å². The van der Waals surface area contributed by atoms with Gasteiger partial charge in [-0.05, 0) is 20.3 Å². The third-order valence-corrected chi connectivity index (χ3v) is 4.02. The van der Waals surface area contributed by atoms with Crippen LogP contribution in [-0.4, -0.2) is 63.0 Å². The Kier molecular flexibility index (Phi) is 6.44. The van der Waals surface area contributed by atoms with E-state index >= 15 is 0 Å². The molecule has 0 saturated carbocycles. The van der Waals surface area contributed by atoms with Gasteiger partial charge < -0.3 is 9.22 Å². The van der Waals surface area contributed by atoms with Gasteiger partial charge in [0.2, 0.25) is 0 Å². The maximum Gasteiger partial charge on any atom is 0.311 e. The van der Waals surface area contributed by atoms with Crippen molar-refractivity contribution < 1.29 is 27.0 Å². The highest BCUT2D eigenvalue weighted by Crippen LogP contribution is 2.21. The van der Waals surface area contributed by atoms with Gasteiger partial charge in [0.25, 0.3) is 10.1 Å². The molecule has 0 aromatic heterocycles. The molecule has 0 heterocycles. The molecule has 19 heavy (non-hydrogen) atoms. The normalized spacial score (nSPS) is 13.4. The number of quaternary nitrogens is 1. The van der Waals surface area contributed by atoms with Crippen molar-refractivity contribution in [2.24, 2.45) is 5.41 Å². The summed E-state index contributed by atoms with van der Waals surface area (Å²) in [5.41, 5.74) is -0.494. The van der Waals surface area contributed by atoms with Crippen LogP contribution in [0.4, 0.5) is 0 Å². The monoisotopic (exact) mass is 296 g/mol. The molecule has 0 fully saturated rings. The lowest BCUT2D eigenvalue weighted by molar-refractivity contribution is -0.888. The predicted molar refractivity (Wildman–Crippen MR) is 73.3 cm³/mol. The first kappa shape index (κ1) is 18.3. The molecule has 0 aliphatic carbocycles. The second kappa shape index (κ2) is 6.67. The lowest BCUT2D eigenvalue weighted by Crippen LogP contribution is -2.46. The highest BCUT2D eigenvalue weighted by Gasteiger charge is 2.28. The Morgan fingerprint density at radius 3 is 2.21 bits per heavy atom. The smallest absolute Gasteiger partial charge is 0.311 e. The molecule has 1 N–H and O–H groups in total. The van der Waals surface area contributed by atoms with Crippen molar-refractivity contribution in [1.82, 2.24) is 0 Å². The van der Waals surface area contributed by atoms with Gasteiger partial charge in [-0.2, -0.15) is 8.42 Å². The summed E-state index contributed by atoms with van der Waals surface area (Å²) in [4.78, 5) is 11.7. The van der Waals surface area contributed by atoms with Crippen LogP contribution >= 0.6 is 0 Å². The van der Waals surface area contributed by atoms with E-state index in [1.807, 2.05) is 34.9 Å². The standard InChI is InChI=1S/C12H25NO5S/c1-6-12(2,3)11(14)18-9-7-13(4,5)8-10-19(15,16)17/h6-10H2,1-5H3/p+1. The van der Waals surface area contributed by atoms with Crippen molar-refractivity contribution in [3.63, 3.8) is 0 Å². The Labute approximate surface area is 116 Å². The van der Waals surface area contributed by atoms with Gasteiger partial charge in [0.15, 0.2) is 0 Å². The number of esters is 1. The lowest BCUT2D eigenvalue weighted by atomic mass is 9.91. The lowest BCUT2D eigenvalue weighted by Gasteiger charge is -2.29. The van der Waals surface area contributed by atoms with Crippen LogP contribution in [0, 0.1) is 5.41 Å². The van der Waals surface area contributed by atoms with Crippen LogP contribution < -0.4 is 0 Å². The van der Waals surface area contributed by atoms with Gasteiger partial charge in [0.1, 0.15) is 18.9 Å². The molecule has 0 amide bonds. The number of ether oxygens (including phenoxy) is 1. The van der Waals surface area contributed by atoms with Crippen molar-refractivity contribution in [3.05, 3.63) is 0 Å². The summed E-state index contributed by atoms with van der Waals surface area (Å²) in [6.07, 6.45) is 0.701. The predicted octanol–water partition coefficient (Wildman–Crippen LogP) is 0.930. The minimum Gasteiger partial charge on any atom is -0.459 e. The zero-order chi connectivity index (χ0) is 15.3. The molecular formula is C12H26NO5S+. The Morgan fingerprint density at radius 2 is 1.79 bits per heavy atom. The average molecular weight is 296 g/mol. The van der Waals surface area contributed by atoms with Crippen molar-refractivity contribution in [2.75, 3.05) is 39.5 Å². The number of carbonyl (C=O) groups is 1. The quantitative estimate of drug-likeness (QED) is 0.409. The number of rotatable bonds is 8. The fourth-order valence-electron chi connectivity index (χ4n) is 1.20. The van der Waals surface area contributed by atoms with Crippen LogP contribution in [0.1, 0.15) is 27.2 Å². The Hall–Kier alpha value is -0.660. The number of likely N-dealkylation sites (N-methyl/N-ethyl adjacent to an activating group) is 1. The molecule has 0 unspecified atom stereocenters. The van der Waals surface area contributed by atoms with Gasteiger partial charge in [-0.1, -0.05) is 6.92 Å². The van der Waals surface area contributed by atoms with E-state index in [-0.39, 0.29) is 24.9 Å². The first-order valence-electron chi connectivity index (χ1n) is 6.34. The second-order valence-electron chi connectivity index (χ2n) is 6.04. The van der Waals surface area contributed by atoms with Crippen LogP contribution in [0.2, 0.25) is 0 Å². The topological polar surface area (TPSA) is 80.7 Å². The summed E-state index contributed by atoms with van der Waals surface area (Å²) in [6.45, 7) is 6.59. The first-order chi connectivity index (χ1) is 8.40. The van der Waals surface area contributed by atoms with Crippen molar-refractivity contribution in [2.45, 2.75) is 27.2 Å². The summed E-state index contributed by atoms with van der Waals surface area (Å²) >= 11 is 0. The molecule has 0 aromatic carbocycles. The summed E-state index contributed by atoms with van der Waals surface area (Å²) in [6, 6.07) is 0. The fourth-order valence-corrected chi connectivity index (χ4v) is 1.92. The van der Waals surface area contributed by atoms with Gasteiger partial charge in [-0.3, -0.25) is 9.35 Å². The summed E-state index contributed by atoms with van der Waals surface area (Å²) in [5, 5.41) is 0. The van der Waals surface area contributed by atoms with Gasteiger partial charge in [-0.15, -0.1) is 0 Å². The van der Waals surface area contributed by atoms with Crippen LogP contribution in [-0.2, 0) is 19.6 Å². The maximum atomic E-state index is 11.7. The fraction of sp³-hybridized carbons (Fsp3) is 0.917. The van der Waals surface area contributed by atoms with Crippen molar-refractivity contribution in [1.29, 1.82) is 0 Å². The number of carbonyl (C=O) groups excluding carboxylic acids is 1. The van der Waals surface area contributed by atoms with Crippen LogP contribution in [0.25, 0.3) is 0 Å². The van der Waals surface area contributed by atoms with Gasteiger partial charge >= 0.3 is 5.97 Å². The first-order valence-corrected chi connectivity index (χ1v) is 7.95. The van der Waals surface area contributed by atoms with E-state index in [2.05, 4.69) is 0 Å². The summed E-state index contributed by atoms with van der Waals surface area (Å²) in [5.74, 6) is -0.543. The zero-order valence-corrected chi connectivity index (χ0v) is 13.3. The number of hydrogen-bond acceptors (Lipinski definition) is 4. The molecule has 114 valence electrons. The van der Waals surface area contributed by atoms with Gasteiger partial charge in [0.05, 0.1) is 26.1 Å². The van der Waals surface area contributed by atoms with E-state index in [1.165, 1.54) is 0 Å². The molecule has 0 spiro atoms. The second-order valence-corrected chi connectivity index (χ2v) is 7.61. The zero-order valence-electron chi connectivity index (χ0n) is 12.5. The average Bonchev–Trinajstić information content (AvgIpc) is 2.25. The van der Waals surface area contributed by atoms with Crippen molar-refractivity contribution in [3.8, 4) is 0 Å². The molecule has 7 heteroatoms. The summed E-state index contributed by atoms with van der Waals surface area (Å²) < 4.78 is 35.7. The maximum absolute atomic E-state index is 11.7. The third kappa shape index (κ3) is 8.18. The Bertz CT molecular complexity index is 400. The highest BCUT2D eigenvalue weighted by molar-refractivity contribution is 7.85. The molecule has 0 radical (unpaired) electrons.